The first-order valence-corrected chi connectivity index (χ1v) is 13.4. The summed E-state index contributed by atoms with van der Waals surface area (Å²) in [7, 11) is 1.10. The van der Waals surface area contributed by atoms with Crippen molar-refractivity contribution in [2.75, 3.05) is 12.4 Å². The topological polar surface area (TPSA) is 97.6 Å². The second kappa shape index (κ2) is 12.4. The van der Waals surface area contributed by atoms with Crippen LogP contribution in [-0.2, 0) is 16.0 Å². The van der Waals surface area contributed by atoms with Gasteiger partial charge in [-0.15, -0.1) is 0 Å². The third kappa shape index (κ3) is 6.60. The summed E-state index contributed by atoms with van der Waals surface area (Å²) in [6.45, 7) is 7.07. The molecule has 3 heterocycles. The number of carbonyl (C=O) groups excluding carboxylic acids is 2. The maximum Gasteiger partial charge on any atom is 0.408 e. The number of methoxy groups -OCH3 is 1. The number of halogens is 5. The number of anilines is 1. The molecule has 0 aliphatic heterocycles. The number of carbonyl (C=O) groups is 2. The first-order chi connectivity index (χ1) is 20.2. The summed E-state index contributed by atoms with van der Waals surface area (Å²) >= 11 is 0. The van der Waals surface area contributed by atoms with Crippen LogP contribution in [-0.4, -0.2) is 51.6 Å². The van der Waals surface area contributed by atoms with E-state index in [0.29, 0.717) is 23.5 Å². The highest BCUT2D eigenvalue weighted by molar-refractivity contribution is 5.97. The zero-order valence-corrected chi connectivity index (χ0v) is 24.1. The number of rotatable bonds is 9. The van der Waals surface area contributed by atoms with E-state index in [2.05, 4.69) is 10.3 Å². The normalized spacial score (nSPS) is 13.1. The summed E-state index contributed by atoms with van der Waals surface area (Å²) in [4.78, 5) is 34.8. The van der Waals surface area contributed by atoms with Crippen molar-refractivity contribution in [1.82, 2.24) is 19.7 Å². The van der Waals surface area contributed by atoms with E-state index in [4.69, 9.17) is 9.72 Å². The average molecular weight is 604 g/mol. The van der Waals surface area contributed by atoms with Gasteiger partial charge < -0.3 is 19.8 Å². The fourth-order valence-corrected chi connectivity index (χ4v) is 4.80. The Kier molecular flexibility index (Phi) is 9.02. The second-order valence-electron chi connectivity index (χ2n) is 10.1. The van der Waals surface area contributed by atoms with Crippen molar-refractivity contribution in [2.45, 2.75) is 58.8 Å². The van der Waals surface area contributed by atoms with Crippen molar-refractivity contribution in [3.8, 4) is 11.3 Å². The number of imidazole rings is 1. The van der Waals surface area contributed by atoms with Gasteiger partial charge in [-0.05, 0) is 62.6 Å². The molecule has 228 valence electrons. The summed E-state index contributed by atoms with van der Waals surface area (Å²) in [6.07, 6.45) is -1.96. The molecule has 0 aliphatic rings. The Morgan fingerprint density at radius 3 is 2.33 bits per heavy atom. The van der Waals surface area contributed by atoms with Gasteiger partial charge in [-0.3, -0.25) is 9.78 Å². The molecule has 2 N–H and O–H groups in total. The molecule has 4 rings (SSSR count). The summed E-state index contributed by atoms with van der Waals surface area (Å²) < 4.78 is 75.6. The van der Waals surface area contributed by atoms with Gasteiger partial charge in [-0.1, -0.05) is 13.0 Å². The Morgan fingerprint density at radius 2 is 1.72 bits per heavy atom. The van der Waals surface area contributed by atoms with Crippen LogP contribution in [0.4, 0.5) is 27.6 Å². The minimum absolute atomic E-state index is 0.141. The zero-order chi connectivity index (χ0) is 31.6. The van der Waals surface area contributed by atoms with Crippen molar-refractivity contribution < 1.29 is 36.3 Å². The Bertz CT molecular complexity index is 1660. The quantitative estimate of drug-likeness (QED) is 0.184. The predicted molar refractivity (Wildman–Crippen MR) is 150 cm³/mol. The molecule has 0 radical (unpaired) electrons. The SMILES string of the molecule is CC[C@@H](Nc1cc(F)c(C(=O)N[C@@H](Cc2ccc(-c3nc(C)c(C)cc3C)c3nccn23)C(=O)OC)c(F)c1)C(F)(F)F. The highest BCUT2D eigenvalue weighted by Gasteiger charge is 2.38. The van der Waals surface area contributed by atoms with E-state index in [-0.39, 0.29) is 12.8 Å². The van der Waals surface area contributed by atoms with Crippen LogP contribution in [0.25, 0.3) is 16.9 Å². The number of hydrogen-bond acceptors (Lipinski definition) is 6. The number of esters is 1. The van der Waals surface area contributed by atoms with Gasteiger partial charge in [0.05, 0.1) is 12.8 Å². The number of aromatic nitrogens is 3. The zero-order valence-electron chi connectivity index (χ0n) is 24.1. The molecular formula is C30H30F5N5O3. The van der Waals surface area contributed by atoms with Crippen LogP contribution >= 0.6 is 0 Å². The first-order valence-electron chi connectivity index (χ1n) is 13.4. The minimum atomic E-state index is -4.65. The van der Waals surface area contributed by atoms with Crippen molar-refractivity contribution in [1.29, 1.82) is 0 Å². The number of alkyl halides is 3. The first kappa shape index (κ1) is 31.4. The van der Waals surface area contributed by atoms with Gasteiger partial charge in [0.2, 0.25) is 0 Å². The largest absolute Gasteiger partial charge is 0.467 e. The van der Waals surface area contributed by atoms with Crippen molar-refractivity contribution in [2.24, 2.45) is 0 Å². The second-order valence-corrected chi connectivity index (χ2v) is 10.1. The number of hydrogen-bond donors (Lipinski definition) is 2. The summed E-state index contributed by atoms with van der Waals surface area (Å²) in [5, 5.41) is 4.33. The number of aryl methyl sites for hydroxylation is 3. The van der Waals surface area contributed by atoms with Gasteiger partial charge in [-0.25, -0.2) is 18.6 Å². The van der Waals surface area contributed by atoms with E-state index >= 15 is 0 Å². The highest BCUT2D eigenvalue weighted by Crippen LogP contribution is 2.29. The Balaban J connectivity index is 1.62. The fraction of sp³-hybridized carbons (Fsp3) is 0.333. The number of nitrogens with zero attached hydrogens (tertiary/aromatic N) is 3. The van der Waals surface area contributed by atoms with Crippen LogP contribution in [0.3, 0.4) is 0 Å². The van der Waals surface area contributed by atoms with E-state index in [1.165, 1.54) is 6.92 Å². The molecule has 1 aromatic carbocycles. The molecule has 2 atom stereocenters. The summed E-state index contributed by atoms with van der Waals surface area (Å²) in [6, 6.07) is 3.29. The lowest BCUT2D eigenvalue weighted by Gasteiger charge is -2.22. The lowest BCUT2D eigenvalue weighted by Crippen LogP contribution is -2.44. The lowest BCUT2D eigenvalue weighted by molar-refractivity contribution is -0.143. The number of nitrogens with one attached hydrogen (secondary N) is 2. The third-order valence-corrected chi connectivity index (χ3v) is 7.16. The van der Waals surface area contributed by atoms with Crippen LogP contribution in [0.5, 0.6) is 0 Å². The fourth-order valence-electron chi connectivity index (χ4n) is 4.80. The van der Waals surface area contributed by atoms with Gasteiger partial charge in [-0.2, -0.15) is 13.2 Å². The third-order valence-electron chi connectivity index (χ3n) is 7.16. The summed E-state index contributed by atoms with van der Waals surface area (Å²) in [5.74, 6) is -4.97. The molecule has 0 unspecified atom stereocenters. The lowest BCUT2D eigenvalue weighted by atomic mass is 10.0. The molecule has 13 heteroatoms. The molecule has 0 fully saturated rings. The van der Waals surface area contributed by atoms with Crippen LogP contribution < -0.4 is 10.6 Å². The van der Waals surface area contributed by atoms with Crippen molar-refractivity contribution >= 4 is 23.2 Å². The molecule has 0 bridgehead atoms. The van der Waals surface area contributed by atoms with E-state index in [9.17, 15) is 31.5 Å². The molecule has 4 aromatic rings. The van der Waals surface area contributed by atoms with Crippen LogP contribution in [0.2, 0.25) is 0 Å². The van der Waals surface area contributed by atoms with E-state index < -0.39 is 53.0 Å². The number of benzene rings is 1. The maximum absolute atomic E-state index is 14.9. The molecule has 43 heavy (non-hydrogen) atoms. The van der Waals surface area contributed by atoms with Crippen LogP contribution in [0, 0.1) is 32.4 Å². The number of pyridine rings is 2. The van der Waals surface area contributed by atoms with Gasteiger partial charge in [0.25, 0.3) is 5.91 Å². The standard InChI is InChI=1S/C30H30F5N5O3/c1-6-24(30(33,34)35)38-18-12-21(31)25(22(32)13-18)28(41)39-23(29(42)43-5)14-19-7-8-20(27-36-9-10-40(19)27)26-16(3)11-15(2)17(4)37-26/h7-13,23-24,38H,6,14H2,1-5H3,(H,39,41)/t23-,24+/m0/s1. The molecular weight excluding hydrogens is 573 g/mol. The molecule has 1 amide bonds. The maximum atomic E-state index is 14.9. The Morgan fingerprint density at radius 1 is 1.05 bits per heavy atom. The molecule has 0 saturated carbocycles. The number of ether oxygens (including phenoxy) is 1. The van der Waals surface area contributed by atoms with Gasteiger partial charge in [0.1, 0.15) is 34.9 Å². The molecule has 0 aliphatic carbocycles. The number of amides is 1. The van der Waals surface area contributed by atoms with Crippen LogP contribution in [0.1, 0.15) is 46.2 Å². The van der Waals surface area contributed by atoms with Gasteiger partial charge in [0, 0.05) is 41.5 Å². The number of fused-ring (bicyclic) bond motifs is 1. The highest BCUT2D eigenvalue weighted by atomic mass is 19.4. The molecule has 0 spiro atoms. The monoisotopic (exact) mass is 603 g/mol. The Labute approximate surface area is 244 Å². The van der Waals surface area contributed by atoms with Gasteiger partial charge >= 0.3 is 12.1 Å². The molecule has 8 nitrogen and oxygen atoms in total. The van der Waals surface area contributed by atoms with E-state index in [0.717, 1.165) is 35.2 Å². The van der Waals surface area contributed by atoms with Crippen molar-refractivity contribution in [3.63, 3.8) is 0 Å². The van der Waals surface area contributed by atoms with Crippen molar-refractivity contribution in [3.05, 3.63) is 82.4 Å². The van der Waals surface area contributed by atoms with Crippen LogP contribution in [0.15, 0.2) is 42.7 Å². The van der Waals surface area contributed by atoms with E-state index in [1.807, 2.05) is 32.2 Å². The predicted octanol–water partition coefficient (Wildman–Crippen LogP) is 5.87. The molecule has 0 saturated heterocycles. The minimum Gasteiger partial charge on any atom is -0.467 e. The average Bonchev–Trinajstić information content (AvgIpc) is 3.43. The summed E-state index contributed by atoms with van der Waals surface area (Å²) in [5.41, 5.74) is 3.82. The molecule has 3 aromatic heterocycles. The van der Waals surface area contributed by atoms with Gasteiger partial charge in [0.15, 0.2) is 0 Å². The smallest absolute Gasteiger partial charge is 0.408 e. The Hall–Kier alpha value is -4.55. The van der Waals surface area contributed by atoms with E-state index in [1.54, 1.807) is 28.9 Å².